The normalized spacial score (nSPS) is 11.0. The van der Waals surface area contributed by atoms with Crippen LogP contribution in [0.4, 0.5) is 0 Å². The van der Waals surface area contributed by atoms with Gasteiger partial charge in [-0.05, 0) is 45.4 Å². The highest BCUT2D eigenvalue weighted by molar-refractivity contribution is 5.85. The second kappa shape index (κ2) is 7.09. The van der Waals surface area contributed by atoms with Gasteiger partial charge in [-0.15, -0.1) is 0 Å². The summed E-state index contributed by atoms with van der Waals surface area (Å²) >= 11 is 0. The van der Waals surface area contributed by atoms with Crippen molar-refractivity contribution in [2.75, 3.05) is 13.1 Å². The minimum Gasteiger partial charge on any atom is -0.342 e. The summed E-state index contributed by atoms with van der Waals surface area (Å²) in [6, 6.07) is 14.4. The molecule has 0 saturated heterocycles. The van der Waals surface area contributed by atoms with E-state index in [0.29, 0.717) is 6.54 Å². The topological polar surface area (TPSA) is 38.1 Å². The standard InChI is InChI=1S/C21H25N3O/c1-5-23(6-2)20(25)14-24-19-10-8-7-9-18(19)22-21(24)17-12-11-15(3)13-16(17)4/h7-13H,5-6,14H2,1-4H3. The smallest absolute Gasteiger partial charge is 0.242 e. The van der Waals surface area contributed by atoms with E-state index in [1.54, 1.807) is 0 Å². The van der Waals surface area contributed by atoms with Crippen LogP contribution in [0.5, 0.6) is 0 Å². The van der Waals surface area contributed by atoms with Crippen LogP contribution < -0.4 is 0 Å². The summed E-state index contributed by atoms with van der Waals surface area (Å²) in [6.07, 6.45) is 0. The molecule has 3 aromatic rings. The predicted molar refractivity (Wildman–Crippen MR) is 103 cm³/mol. The number of aromatic nitrogens is 2. The van der Waals surface area contributed by atoms with Crippen LogP contribution in [-0.2, 0) is 11.3 Å². The molecule has 0 aliphatic carbocycles. The molecule has 0 fully saturated rings. The fraction of sp³-hybridized carbons (Fsp3) is 0.333. The SMILES string of the molecule is CCN(CC)C(=O)Cn1c(-c2ccc(C)cc2C)nc2ccccc21. The number of imidazole rings is 1. The summed E-state index contributed by atoms with van der Waals surface area (Å²) < 4.78 is 2.05. The first kappa shape index (κ1) is 17.2. The number of hydrogen-bond donors (Lipinski definition) is 0. The van der Waals surface area contributed by atoms with Crippen LogP contribution in [0.2, 0.25) is 0 Å². The van der Waals surface area contributed by atoms with Crippen LogP contribution in [0.15, 0.2) is 42.5 Å². The first-order chi connectivity index (χ1) is 12.0. The molecular weight excluding hydrogens is 310 g/mol. The van der Waals surface area contributed by atoms with E-state index in [9.17, 15) is 4.79 Å². The Morgan fingerprint density at radius 1 is 1.08 bits per heavy atom. The van der Waals surface area contributed by atoms with Gasteiger partial charge in [0, 0.05) is 18.7 Å². The first-order valence-electron chi connectivity index (χ1n) is 8.85. The highest BCUT2D eigenvalue weighted by Crippen LogP contribution is 2.28. The Morgan fingerprint density at radius 2 is 1.80 bits per heavy atom. The lowest BCUT2D eigenvalue weighted by molar-refractivity contribution is -0.131. The first-order valence-corrected chi connectivity index (χ1v) is 8.85. The number of fused-ring (bicyclic) bond motifs is 1. The molecule has 25 heavy (non-hydrogen) atoms. The Morgan fingerprint density at radius 3 is 2.48 bits per heavy atom. The third kappa shape index (κ3) is 3.29. The van der Waals surface area contributed by atoms with E-state index < -0.39 is 0 Å². The number of para-hydroxylation sites is 2. The van der Waals surface area contributed by atoms with Crippen molar-refractivity contribution in [3.05, 3.63) is 53.6 Å². The molecular formula is C21H25N3O. The Bertz CT molecular complexity index is 907. The van der Waals surface area contributed by atoms with Gasteiger partial charge in [-0.2, -0.15) is 0 Å². The Kier molecular flexibility index (Phi) is 4.88. The lowest BCUT2D eigenvalue weighted by Gasteiger charge is -2.20. The van der Waals surface area contributed by atoms with Gasteiger partial charge in [-0.3, -0.25) is 4.79 Å². The molecule has 0 aliphatic heterocycles. The zero-order valence-electron chi connectivity index (χ0n) is 15.4. The molecule has 4 nitrogen and oxygen atoms in total. The minimum atomic E-state index is 0.124. The molecule has 0 atom stereocenters. The van der Waals surface area contributed by atoms with Gasteiger partial charge in [0.15, 0.2) is 0 Å². The molecule has 0 radical (unpaired) electrons. The summed E-state index contributed by atoms with van der Waals surface area (Å²) in [6.45, 7) is 9.96. The molecule has 3 rings (SSSR count). The third-order valence-corrected chi connectivity index (χ3v) is 4.69. The van der Waals surface area contributed by atoms with Crippen molar-refractivity contribution in [1.29, 1.82) is 0 Å². The molecule has 4 heteroatoms. The maximum absolute atomic E-state index is 12.7. The second-order valence-electron chi connectivity index (χ2n) is 6.39. The third-order valence-electron chi connectivity index (χ3n) is 4.69. The van der Waals surface area contributed by atoms with Crippen molar-refractivity contribution in [1.82, 2.24) is 14.5 Å². The fourth-order valence-corrected chi connectivity index (χ4v) is 3.32. The molecule has 1 aromatic heterocycles. The molecule has 0 N–H and O–H groups in total. The largest absolute Gasteiger partial charge is 0.342 e. The number of benzene rings is 2. The van der Waals surface area contributed by atoms with Gasteiger partial charge < -0.3 is 9.47 Å². The maximum atomic E-state index is 12.7. The van der Waals surface area contributed by atoms with Crippen LogP contribution in [0.25, 0.3) is 22.4 Å². The Hall–Kier alpha value is -2.62. The zero-order chi connectivity index (χ0) is 18.0. The van der Waals surface area contributed by atoms with Crippen molar-refractivity contribution < 1.29 is 4.79 Å². The van der Waals surface area contributed by atoms with Gasteiger partial charge in [-0.25, -0.2) is 4.98 Å². The number of carbonyl (C=O) groups excluding carboxylic acids is 1. The van der Waals surface area contributed by atoms with E-state index >= 15 is 0 Å². The van der Waals surface area contributed by atoms with Crippen LogP contribution in [0, 0.1) is 13.8 Å². The summed E-state index contributed by atoms with van der Waals surface area (Å²) in [5, 5.41) is 0. The molecule has 0 spiro atoms. The zero-order valence-corrected chi connectivity index (χ0v) is 15.4. The van der Waals surface area contributed by atoms with Gasteiger partial charge in [-0.1, -0.05) is 35.9 Å². The number of likely N-dealkylation sites (N-methyl/N-ethyl adjacent to an activating group) is 1. The summed E-state index contributed by atoms with van der Waals surface area (Å²) in [7, 11) is 0. The molecule has 1 amide bonds. The van der Waals surface area contributed by atoms with Gasteiger partial charge in [0.05, 0.1) is 11.0 Å². The molecule has 130 valence electrons. The van der Waals surface area contributed by atoms with Gasteiger partial charge >= 0.3 is 0 Å². The van der Waals surface area contributed by atoms with Crippen molar-refractivity contribution in [3.8, 4) is 11.4 Å². The van der Waals surface area contributed by atoms with Crippen molar-refractivity contribution in [3.63, 3.8) is 0 Å². The van der Waals surface area contributed by atoms with E-state index in [-0.39, 0.29) is 5.91 Å². The van der Waals surface area contributed by atoms with Crippen molar-refractivity contribution in [2.24, 2.45) is 0 Å². The molecule has 1 heterocycles. The summed E-state index contributed by atoms with van der Waals surface area (Å²) in [5.74, 6) is 0.985. The average Bonchev–Trinajstić information content (AvgIpc) is 2.94. The fourth-order valence-electron chi connectivity index (χ4n) is 3.32. The Balaban J connectivity index is 2.14. The summed E-state index contributed by atoms with van der Waals surface area (Å²) in [5.41, 5.74) is 5.40. The van der Waals surface area contributed by atoms with Crippen LogP contribution in [0.1, 0.15) is 25.0 Å². The van der Waals surface area contributed by atoms with E-state index in [0.717, 1.165) is 35.5 Å². The number of aryl methyl sites for hydroxylation is 2. The number of rotatable bonds is 5. The second-order valence-corrected chi connectivity index (χ2v) is 6.39. The summed E-state index contributed by atoms with van der Waals surface area (Å²) in [4.78, 5) is 19.4. The predicted octanol–water partition coefficient (Wildman–Crippen LogP) is 4.19. The van der Waals surface area contributed by atoms with E-state index in [1.807, 2.05) is 47.6 Å². The lowest BCUT2D eigenvalue weighted by Crippen LogP contribution is -2.33. The molecule has 0 aliphatic rings. The lowest BCUT2D eigenvalue weighted by atomic mass is 10.1. The van der Waals surface area contributed by atoms with Gasteiger partial charge in [0.25, 0.3) is 0 Å². The average molecular weight is 335 g/mol. The molecule has 0 bridgehead atoms. The van der Waals surface area contributed by atoms with E-state index in [2.05, 4.69) is 32.0 Å². The molecule has 0 saturated carbocycles. The van der Waals surface area contributed by atoms with E-state index in [4.69, 9.17) is 4.98 Å². The van der Waals surface area contributed by atoms with Crippen molar-refractivity contribution in [2.45, 2.75) is 34.2 Å². The van der Waals surface area contributed by atoms with Gasteiger partial charge in [0.2, 0.25) is 5.91 Å². The van der Waals surface area contributed by atoms with Crippen LogP contribution in [-0.4, -0.2) is 33.4 Å². The number of nitrogens with zero attached hydrogens (tertiary/aromatic N) is 3. The monoisotopic (exact) mass is 335 g/mol. The maximum Gasteiger partial charge on any atom is 0.242 e. The van der Waals surface area contributed by atoms with Crippen LogP contribution in [0.3, 0.4) is 0 Å². The van der Waals surface area contributed by atoms with Crippen LogP contribution >= 0.6 is 0 Å². The van der Waals surface area contributed by atoms with Gasteiger partial charge in [0.1, 0.15) is 12.4 Å². The quantitative estimate of drug-likeness (QED) is 0.701. The van der Waals surface area contributed by atoms with Crippen molar-refractivity contribution >= 4 is 16.9 Å². The number of carbonyl (C=O) groups is 1. The highest BCUT2D eigenvalue weighted by Gasteiger charge is 2.18. The van der Waals surface area contributed by atoms with E-state index in [1.165, 1.54) is 11.1 Å². The Labute approximate surface area is 149 Å². The number of hydrogen-bond acceptors (Lipinski definition) is 2. The molecule has 0 unspecified atom stereocenters. The minimum absolute atomic E-state index is 0.124. The molecule has 2 aromatic carbocycles. The number of amides is 1. The highest BCUT2D eigenvalue weighted by atomic mass is 16.2.